The van der Waals surface area contributed by atoms with E-state index < -0.39 is 17.8 Å². The second kappa shape index (κ2) is 8.60. The van der Waals surface area contributed by atoms with Gasteiger partial charge < -0.3 is 15.8 Å². The van der Waals surface area contributed by atoms with Gasteiger partial charge in [0.15, 0.2) is 0 Å². The zero-order valence-corrected chi connectivity index (χ0v) is 14.3. The van der Waals surface area contributed by atoms with Crippen LogP contribution in [0, 0.1) is 5.82 Å². The second-order valence-electron chi connectivity index (χ2n) is 5.36. The van der Waals surface area contributed by atoms with Gasteiger partial charge in [-0.2, -0.15) is 0 Å². The summed E-state index contributed by atoms with van der Waals surface area (Å²) >= 11 is 5.81. The summed E-state index contributed by atoms with van der Waals surface area (Å²) in [4.78, 5) is 23.2. The van der Waals surface area contributed by atoms with Gasteiger partial charge in [0.2, 0.25) is 5.91 Å². The molecule has 0 fully saturated rings. The quantitative estimate of drug-likeness (QED) is 0.772. The van der Waals surface area contributed by atoms with E-state index in [9.17, 15) is 14.0 Å². The zero-order chi connectivity index (χ0) is 18.4. The minimum absolute atomic E-state index is 0.00996. The number of halogens is 2. The number of hydrogen-bond acceptors (Lipinski definition) is 4. The van der Waals surface area contributed by atoms with Crippen LogP contribution in [0.4, 0.5) is 4.39 Å². The Bertz CT molecular complexity index is 747. The van der Waals surface area contributed by atoms with Crippen LogP contribution in [0.5, 0.6) is 0 Å². The molecule has 1 amide bonds. The van der Waals surface area contributed by atoms with Crippen LogP contribution >= 0.6 is 11.6 Å². The van der Waals surface area contributed by atoms with Crippen molar-refractivity contribution in [3.8, 4) is 11.1 Å². The van der Waals surface area contributed by atoms with E-state index >= 15 is 0 Å². The number of amides is 1. The lowest BCUT2D eigenvalue weighted by Gasteiger charge is -2.18. The summed E-state index contributed by atoms with van der Waals surface area (Å²) in [5.74, 6) is -1.30. The summed E-state index contributed by atoms with van der Waals surface area (Å²) < 4.78 is 17.9. The molecule has 2 rings (SSSR count). The summed E-state index contributed by atoms with van der Waals surface area (Å²) in [6.07, 6.45) is -0.00996. The lowest BCUT2D eigenvalue weighted by Crippen LogP contribution is -2.35. The Morgan fingerprint density at radius 1 is 1.20 bits per heavy atom. The highest BCUT2D eigenvalue weighted by Crippen LogP contribution is 2.27. The Kier molecular flexibility index (Phi) is 6.50. The van der Waals surface area contributed by atoms with Gasteiger partial charge in [-0.3, -0.25) is 9.59 Å². The van der Waals surface area contributed by atoms with Gasteiger partial charge in [0, 0.05) is 0 Å². The number of nitrogens with two attached hydrogens (primary N) is 1. The standard InChI is InChI=1S/C18H18ClFN2O3/c1-25-18(24)9-16(22-17(23)10-21)12-4-2-11(3-5-12)13-6-7-15(20)14(19)8-13/h2-8,16H,9-10,21H2,1H3,(H,22,23). The number of carbonyl (C=O) groups is 2. The second-order valence-corrected chi connectivity index (χ2v) is 5.76. The highest BCUT2D eigenvalue weighted by molar-refractivity contribution is 6.31. The van der Waals surface area contributed by atoms with Crippen LogP contribution in [-0.4, -0.2) is 25.5 Å². The van der Waals surface area contributed by atoms with E-state index in [1.54, 1.807) is 30.3 Å². The molecule has 0 spiro atoms. The van der Waals surface area contributed by atoms with Crippen molar-refractivity contribution in [1.29, 1.82) is 0 Å². The number of methoxy groups -OCH3 is 1. The molecule has 2 aromatic rings. The molecule has 2 aromatic carbocycles. The molecule has 0 aliphatic carbocycles. The van der Waals surface area contributed by atoms with Crippen molar-refractivity contribution in [3.63, 3.8) is 0 Å². The van der Waals surface area contributed by atoms with Crippen LogP contribution in [0.3, 0.4) is 0 Å². The van der Waals surface area contributed by atoms with E-state index in [4.69, 9.17) is 17.3 Å². The van der Waals surface area contributed by atoms with Crippen LogP contribution in [0.15, 0.2) is 42.5 Å². The maximum Gasteiger partial charge on any atom is 0.307 e. The zero-order valence-electron chi connectivity index (χ0n) is 13.6. The third kappa shape index (κ3) is 5.01. The largest absolute Gasteiger partial charge is 0.469 e. The number of ether oxygens (including phenoxy) is 1. The van der Waals surface area contributed by atoms with Crippen LogP contribution in [-0.2, 0) is 14.3 Å². The molecule has 1 unspecified atom stereocenters. The maximum atomic E-state index is 13.3. The van der Waals surface area contributed by atoms with Crippen molar-refractivity contribution in [2.45, 2.75) is 12.5 Å². The van der Waals surface area contributed by atoms with E-state index in [2.05, 4.69) is 10.1 Å². The molecule has 7 heteroatoms. The third-order valence-electron chi connectivity index (χ3n) is 3.69. The Morgan fingerprint density at radius 2 is 1.84 bits per heavy atom. The van der Waals surface area contributed by atoms with Gasteiger partial charge in [-0.1, -0.05) is 41.9 Å². The molecular formula is C18H18ClFN2O3. The number of esters is 1. The van der Waals surface area contributed by atoms with Crippen molar-refractivity contribution < 1.29 is 18.7 Å². The fraction of sp³-hybridized carbons (Fsp3) is 0.222. The van der Waals surface area contributed by atoms with Crippen LogP contribution in [0.25, 0.3) is 11.1 Å². The Labute approximate surface area is 149 Å². The van der Waals surface area contributed by atoms with Crippen molar-refractivity contribution in [1.82, 2.24) is 5.32 Å². The minimum atomic E-state index is -0.547. The molecule has 0 bridgehead atoms. The van der Waals surface area contributed by atoms with E-state index in [1.165, 1.54) is 19.2 Å². The monoisotopic (exact) mass is 364 g/mol. The maximum absolute atomic E-state index is 13.3. The molecule has 0 saturated carbocycles. The van der Waals surface area contributed by atoms with Crippen molar-refractivity contribution in [3.05, 3.63) is 58.9 Å². The summed E-state index contributed by atoms with van der Waals surface area (Å²) in [5, 5.41) is 2.73. The lowest BCUT2D eigenvalue weighted by molar-refractivity contribution is -0.141. The Hall–Kier alpha value is -2.44. The number of benzene rings is 2. The van der Waals surface area contributed by atoms with Gasteiger partial charge in [0.1, 0.15) is 5.82 Å². The predicted octanol–water partition coefficient (Wildman–Crippen LogP) is 2.83. The minimum Gasteiger partial charge on any atom is -0.469 e. The SMILES string of the molecule is COC(=O)CC(NC(=O)CN)c1ccc(-c2ccc(F)c(Cl)c2)cc1. The van der Waals surface area contributed by atoms with Crippen molar-refractivity contribution in [2.24, 2.45) is 5.73 Å². The number of rotatable bonds is 6. The van der Waals surface area contributed by atoms with E-state index in [0.29, 0.717) is 0 Å². The number of hydrogen-bond donors (Lipinski definition) is 2. The first-order valence-electron chi connectivity index (χ1n) is 7.56. The third-order valence-corrected chi connectivity index (χ3v) is 3.97. The van der Waals surface area contributed by atoms with Crippen LogP contribution in [0.1, 0.15) is 18.0 Å². The van der Waals surface area contributed by atoms with E-state index in [-0.39, 0.29) is 23.9 Å². The molecule has 0 saturated heterocycles. The normalized spacial score (nSPS) is 11.7. The average molecular weight is 365 g/mol. The van der Waals surface area contributed by atoms with Crippen LogP contribution in [0.2, 0.25) is 5.02 Å². The summed E-state index contributed by atoms with van der Waals surface area (Å²) in [7, 11) is 1.28. The van der Waals surface area contributed by atoms with Crippen molar-refractivity contribution >= 4 is 23.5 Å². The van der Waals surface area contributed by atoms with Gasteiger partial charge in [0.05, 0.1) is 31.1 Å². The lowest BCUT2D eigenvalue weighted by atomic mass is 9.99. The molecule has 25 heavy (non-hydrogen) atoms. The van der Waals surface area contributed by atoms with Gasteiger partial charge in [0.25, 0.3) is 0 Å². The summed E-state index contributed by atoms with van der Waals surface area (Å²) in [6.45, 7) is -0.177. The summed E-state index contributed by atoms with van der Waals surface area (Å²) in [6, 6.07) is 11.1. The molecule has 0 aromatic heterocycles. The molecule has 5 nitrogen and oxygen atoms in total. The molecule has 0 aliphatic rings. The highest BCUT2D eigenvalue weighted by atomic mass is 35.5. The highest BCUT2D eigenvalue weighted by Gasteiger charge is 2.18. The van der Waals surface area contributed by atoms with Gasteiger partial charge >= 0.3 is 5.97 Å². The predicted molar refractivity (Wildman–Crippen MR) is 93.4 cm³/mol. The van der Waals surface area contributed by atoms with E-state index in [1.807, 2.05) is 0 Å². The Balaban J connectivity index is 2.25. The number of nitrogens with one attached hydrogen (secondary N) is 1. The van der Waals surface area contributed by atoms with Crippen molar-refractivity contribution in [2.75, 3.05) is 13.7 Å². The number of carbonyl (C=O) groups excluding carboxylic acids is 2. The average Bonchev–Trinajstić information content (AvgIpc) is 2.63. The first-order valence-corrected chi connectivity index (χ1v) is 7.94. The summed E-state index contributed by atoms with van der Waals surface area (Å²) in [5.41, 5.74) is 7.63. The Morgan fingerprint density at radius 3 is 2.40 bits per heavy atom. The fourth-order valence-electron chi connectivity index (χ4n) is 2.34. The molecule has 0 aliphatic heterocycles. The molecule has 1 atom stereocenters. The van der Waals surface area contributed by atoms with Gasteiger partial charge in [-0.25, -0.2) is 4.39 Å². The van der Waals surface area contributed by atoms with Gasteiger partial charge in [-0.05, 0) is 28.8 Å². The van der Waals surface area contributed by atoms with Crippen LogP contribution < -0.4 is 11.1 Å². The van der Waals surface area contributed by atoms with E-state index in [0.717, 1.165) is 16.7 Å². The molecule has 0 heterocycles. The molecular weight excluding hydrogens is 347 g/mol. The fourth-order valence-corrected chi connectivity index (χ4v) is 2.52. The first kappa shape index (κ1) is 18.9. The topological polar surface area (TPSA) is 81.4 Å². The smallest absolute Gasteiger partial charge is 0.307 e. The molecule has 3 N–H and O–H groups in total. The molecule has 0 radical (unpaired) electrons. The first-order chi connectivity index (χ1) is 11.9. The molecule has 132 valence electrons. The van der Waals surface area contributed by atoms with Gasteiger partial charge in [-0.15, -0.1) is 0 Å².